The monoisotopic (exact) mass is 469 g/mol. The normalized spacial score (nSPS) is 16.6. The highest BCUT2D eigenvalue weighted by Crippen LogP contribution is 2.29. The van der Waals surface area contributed by atoms with Crippen molar-refractivity contribution < 1.29 is 9.53 Å². The summed E-state index contributed by atoms with van der Waals surface area (Å²) >= 11 is 1.25. The number of hydrogen-bond donors (Lipinski definition) is 1. The Bertz CT molecular complexity index is 1420. The minimum Gasteiger partial charge on any atom is -0.487 e. The SMILES string of the molecule is Cc1cccc(OCC2=NN3C(=N)/C(=C\c4cccn4-c4ccc(C)c(C)c4)C(=O)N=C3S2)c1. The summed E-state index contributed by atoms with van der Waals surface area (Å²) in [4.78, 5) is 17.0. The van der Waals surface area contributed by atoms with Gasteiger partial charge in [0.25, 0.3) is 5.91 Å². The molecule has 7 nitrogen and oxygen atoms in total. The maximum absolute atomic E-state index is 12.8. The van der Waals surface area contributed by atoms with Crippen LogP contribution in [0.5, 0.6) is 5.75 Å². The molecular weight excluding hydrogens is 446 g/mol. The molecule has 0 unspecified atom stereocenters. The van der Waals surface area contributed by atoms with Gasteiger partial charge in [0.15, 0.2) is 5.84 Å². The molecular formula is C26H23N5O2S. The number of carbonyl (C=O) groups is 1. The second kappa shape index (κ2) is 8.79. The second-order valence-corrected chi connectivity index (χ2v) is 9.23. The van der Waals surface area contributed by atoms with Crippen LogP contribution in [0.2, 0.25) is 0 Å². The summed E-state index contributed by atoms with van der Waals surface area (Å²) in [5, 5.41) is 15.5. The predicted octanol–water partition coefficient (Wildman–Crippen LogP) is 5.10. The van der Waals surface area contributed by atoms with Crippen molar-refractivity contribution >= 4 is 39.8 Å². The quantitative estimate of drug-likeness (QED) is 0.527. The summed E-state index contributed by atoms with van der Waals surface area (Å²) in [6.45, 7) is 6.38. The highest BCUT2D eigenvalue weighted by Gasteiger charge is 2.36. The van der Waals surface area contributed by atoms with E-state index in [0.29, 0.717) is 10.2 Å². The van der Waals surface area contributed by atoms with Gasteiger partial charge in [-0.25, -0.2) is 0 Å². The van der Waals surface area contributed by atoms with Gasteiger partial charge >= 0.3 is 0 Å². The highest BCUT2D eigenvalue weighted by molar-refractivity contribution is 8.27. The first kappa shape index (κ1) is 21.9. The number of nitrogens with one attached hydrogen (secondary N) is 1. The topological polar surface area (TPSA) is 83.0 Å². The Labute approximate surface area is 202 Å². The first-order valence-electron chi connectivity index (χ1n) is 10.8. The van der Waals surface area contributed by atoms with Crippen LogP contribution in [0.15, 0.2) is 76.5 Å². The van der Waals surface area contributed by atoms with E-state index in [2.05, 4.69) is 36.1 Å². The number of fused-ring (bicyclic) bond motifs is 1. The van der Waals surface area contributed by atoms with Gasteiger partial charge in [-0.2, -0.15) is 15.1 Å². The minimum absolute atomic E-state index is 0.000826. The third-order valence-electron chi connectivity index (χ3n) is 5.69. The summed E-state index contributed by atoms with van der Waals surface area (Å²) in [6, 6.07) is 17.8. The molecule has 3 aromatic rings. The van der Waals surface area contributed by atoms with Crippen molar-refractivity contribution in [1.29, 1.82) is 5.41 Å². The molecule has 0 aliphatic carbocycles. The Balaban J connectivity index is 1.39. The lowest BCUT2D eigenvalue weighted by molar-refractivity contribution is -0.114. The van der Waals surface area contributed by atoms with Gasteiger partial charge in [-0.05, 0) is 91.7 Å². The van der Waals surface area contributed by atoms with Crippen LogP contribution in [-0.2, 0) is 4.79 Å². The molecule has 34 heavy (non-hydrogen) atoms. The van der Waals surface area contributed by atoms with E-state index in [9.17, 15) is 4.79 Å². The van der Waals surface area contributed by atoms with Gasteiger partial charge in [0, 0.05) is 17.6 Å². The van der Waals surface area contributed by atoms with E-state index in [1.807, 2.05) is 60.2 Å². The number of hydrazone groups is 1. The van der Waals surface area contributed by atoms with E-state index < -0.39 is 5.91 Å². The number of amidine groups is 2. The lowest BCUT2D eigenvalue weighted by Gasteiger charge is -2.20. The van der Waals surface area contributed by atoms with Crippen LogP contribution in [0.4, 0.5) is 0 Å². The Morgan fingerprint density at radius 3 is 2.71 bits per heavy atom. The number of benzene rings is 2. The van der Waals surface area contributed by atoms with Crippen LogP contribution in [0, 0.1) is 26.2 Å². The zero-order valence-corrected chi connectivity index (χ0v) is 19.9. The molecule has 2 aliphatic rings. The van der Waals surface area contributed by atoms with Crippen molar-refractivity contribution in [3.63, 3.8) is 0 Å². The lowest BCUT2D eigenvalue weighted by Crippen LogP contribution is -2.35. The number of amides is 1. The third-order valence-corrected chi connectivity index (χ3v) is 6.57. The molecule has 1 aromatic heterocycles. The molecule has 170 valence electrons. The molecule has 0 radical (unpaired) electrons. The summed E-state index contributed by atoms with van der Waals surface area (Å²) in [7, 11) is 0. The number of aromatic nitrogens is 1. The van der Waals surface area contributed by atoms with E-state index in [1.54, 1.807) is 6.08 Å². The van der Waals surface area contributed by atoms with Gasteiger partial charge in [0.2, 0.25) is 5.17 Å². The molecule has 5 rings (SSSR count). The molecule has 3 heterocycles. The molecule has 2 aromatic carbocycles. The molecule has 0 spiro atoms. The van der Waals surface area contributed by atoms with E-state index in [-0.39, 0.29) is 18.0 Å². The number of aliphatic imine (C=N–C) groups is 1. The zero-order valence-electron chi connectivity index (χ0n) is 19.1. The molecule has 0 saturated heterocycles. The maximum Gasteiger partial charge on any atom is 0.283 e. The lowest BCUT2D eigenvalue weighted by atomic mass is 10.1. The molecule has 0 saturated carbocycles. The number of nitrogens with zero attached hydrogens (tertiary/aromatic N) is 4. The molecule has 1 N–H and O–H groups in total. The van der Waals surface area contributed by atoms with Crippen LogP contribution in [0.25, 0.3) is 11.8 Å². The van der Waals surface area contributed by atoms with Crippen LogP contribution in [0.1, 0.15) is 22.4 Å². The zero-order chi connectivity index (χ0) is 23.8. The van der Waals surface area contributed by atoms with Crippen molar-refractivity contribution in [2.75, 3.05) is 6.61 Å². The summed E-state index contributed by atoms with van der Waals surface area (Å²) in [5.74, 6) is 0.294. The number of ether oxygens (including phenoxy) is 1. The largest absolute Gasteiger partial charge is 0.487 e. The Morgan fingerprint density at radius 2 is 1.91 bits per heavy atom. The van der Waals surface area contributed by atoms with Crippen molar-refractivity contribution in [1.82, 2.24) is 9.58 Å². The number of thioether (sulfide) groups is 1. The van der Waals surface area contributed by atoms with Gasteiger partial charge in [0.1, 0.15) is 17.4 Å². The third kappa shape index (κ3) is 4.20. The van der Waals surface area contributed by atoms with Gasteiger partial charge in [-0.15, -0.1) is 0 Å². The molecule has 0 atom stereocenters. The van der Waals surface area contributed by atoms with E-state index >= 15 is 0 Å². The van der Waals surface area contributed by atoms with Crippen LogP contribution >= 0.6 is 11.8 Å². The maximum atomic E-state index is 12.8. The first-order valence-corrected chi connectivity index (χ1v) is 11.6. The fourth-order valence-corrected chi connectivity index (χ4v) is 4.51. The van der Waals surface area contributed by atoms with E-state index in [0.717, 1.165) is 22.7 Å². The number of carbonyl (C=O) groups excluding carboxylic acids is 1. The minimum atomic E-state index is -0.451. The van der Waals surface area contributed by atoms with Crippen molar-refractivity contribution in [2.45, 2.75) is 20.8 Å². The number of rotatable bonds is 5. The van der Waals surface area contributed by atoms with Gasteiger partial charge in [-0.3, -0.25) is 10.2 Å². The Hall–Kier alpha value is -3.91. The molecule has 8 heteroatoms. The molecule has 2 aliphatic heterocycles. The number of hydrogen-bond acceptors (Lipinski definition) is 5. The summed E-state index contributed by atoms with van der Waals surface area (Å²) in [6.07, 6.45) is 3.63. The molecule has 0 fully saturated rings. The average molecular weight is 470 g/mol. The van der Waals surface area contributed by atoms with Crippen LogP contribution in [-0.4, -0.2) is 38.1 Å². The first-order chi connectivity index (χ1) is 16.4. The van der Waals surface area contributed by atoms with Crippen LogP contribution < -0.4 is 4.74 Å². The fourth-order valence-electron chi connectivity index (χ4n) is 3.71. The highest BCUT2D eigenvalue weighted by atomic mass is 32.2. The predicted molar refractivity (Wildman–Crippen MR) is 137 cm³/mol. The van der Waals surface area contributed by atoms with Crippen molar-refractivity contribution in [3.05, 3.63) is 88.8 Å². The van der Waals surface area contributed by atoms with Gasteiger partial charge in [0.05, 0.1) is 5.57 Å². The van der Waals surface area contributed by atoms with E-state index in [4.69, 9.17) is 10.1 Å². The van der Waals surface area contributed by atoms with Crippen LogP contribution in [0.3, 0.4) is 0 Å². The average Bonchev–Trinajstić information content (AvgIpc) is 3.44. The van der Waals surface area contributed by atoms with Crippen molar-refractivity contribution in [3.8, 4) is 11.4 Å². The Kier molecular flexibility index (Phi) is 5.67. The summed E-state index contributed by atoms with van der Waals surface area (Å²) in [5.41, 5.74) is 5.47. The number of aryl methyl sites for hydroxylation is 3. The summed E-state index contributed by atoms with van der Waals surface area (Å²) < 4.78 is 7.82. The van der Waals surface area contributed by atoms with Crippen molar-refractivity contribution in [2.24, 2.45) is 10.1 Å². The molecule has 0 bridgehead atoms. The van der Waals surface area contributed by atoms with E-state index in [1.165, 1.54) is 27.9 Å². The van der Waals surface area contributed by atoms with Gasteiger partial charge in [-0.1, -0.05) is 18.2 Å². The smallest absolute Gasteiger partial charge is 0.283 e. The van der Waals surface area contributed by atoms with Gasteiger partial charge < -0.3 is 9.30 Å². The standard InChI is InChI=1S/C26H23N5O2S/c1-16-6-4-8-21(12-16)33-15-23-29-31-24(27)22(25(32)28-26(31)34-23)14-19-7-5-11-30(19)20-10-9-17(2)18(3)13-20/h4-14,27H,15H2,1-3H3/b22-14+,27-24?. The fraction of sp³-hybridized carbons (Fsp3) is 0.154. The Morgan fingerprint density at radius 1 is 1.06 bits per heavy atom. The molecule has 1 amide bonds. The second-order valence-electron chi connectivity index (χ2n) is 8.19.